The molecule has 13 heavy (non-hydrogen) atoms. The molecule has 0 amide bonds. The average Bonchev–Trinajstić information content (AvgIpc) is 2.22. The molecule has 0 radical (unpaired) electrons. The number of azide groups is 1. The molecular weight excluding hydrogens is 222 g/mol. The van der Waals surface area contributed by atoms with Crippen LogP contribution < -0.4 is 0 Å². The maximum Gasteiger partial charge on any atom is 0.0267 e. The third-order valence-electron chi connectivity index (χ3n) is 0.674. The maximum atomic E-state index is 7.54. The van der Waals surface area contributed by atoms with Crippen LogP contribution in [0.4, 0.5) is 0 Å². The van der Waals surface area contributed by atoms with Crippen molar-refractivity contribution in [2.75, 3.05) is 0 Å². The van der Waals surface area contributed by atoms with E-state index in [0.717, 1.165) is 0 Å². The van der Waals surface area contributed by atoms with E-state index in [2.05, 4.69) is 23.1 Å². The van der Waals surface area contributed by atoms with E-state index >= 15 is 0 Å². The largest absolute Gasteiger partial charge is 0.265 e. The van der Waals surface area contributed by atoms with Crippen LogP contribution >= 0.6 is 0 Å². The van der Waals surface area contributed by atoms with Gasteiger partial charge in [0.1, 0.15) is 0 Å². The molecule has 8 heteroatoms. The minimum Gasteiger partial charge on any atom is -0.265 e. The fourth-order valence-electron chi connectivity index (χ4n) is 0.349. The standard InChI is InChI=1S/C5H5N.Cu.2N3/c1-2-4-6-5-3-1;;2*1-3-2/h1-5H;;;/q;+2;2*-1. The number of hydrogen-bond acceptors (Lipinski definition) is 3. The van der Waals surface area contributed by atoms with Gasteiger partial charge in [-0.1, -0.05) is 6.07 Å². The first-order valence-electron chi connectivity index (χ1n) is 2.92. The van der Waals surface area contributed by atoms with Gasteiger partial charge in [0, 0.05) is 12.4 Å². The van der Waals surface area contributed by atoms with Gasteiger partial charge in [0.15, 0.2) is 0 Å². The molecule has 1 aromatic heterocycles. The Morgan fingerprint density at radius 3 is 1.77 bits per heavy atom. The van der Waals surface area contributed by atoms with Crippen LogP contribution in [-0.2, 0) is 15.4 Å². The van der Waals surface area contributed by atoms with E-state index in [-0.39, 0.29) is 0 Å². The molecule has 0 unspecified atom stereocenters. The number of pyridine rings is 1. The van der Waals surface area contributed by atoms with Crippen molar-refractivity contribution >= 4 is 0 Å². The fourth-order valence-corrected chi connectivity index (χ4v) is 0.462. The molecule has 0 N–H and O–H groups in total. The van der Waals surface area contributed by atoms with E-state index in [9.17, 15) is 0 Å². The SMILES string of the molecule is [N-]=[N+]=[N][Cu][N]=[N+]=[N-].c1ccncc1. The van der Waals surface area contributed by atoms with Crippen LogP contribution in [0.1, 0.15) is 0 Å². The Morgan fingerprint density at radius 1 is 1.00 bits per heavy atom. The molecule has 1 heterocycles. The molecule has 1 aromatic rings. The van der Waals surface area contributed by atoms with Crippen LogP contribution in [0.25, 0.3) is 20.9 Å². The van der Waals surface area contributed by atoms with Gasteiger partial charge in [0.25, 0.3) is 0 Å². The molecule has 1 rings (SSSR count). The van der Waals surface area contributed by atoms with Crippen LogP contribution in [0.15, 0.2) is 38.9 Å². The van der Waals surface area contributed by atoms with Crippen molar-refractivity contribution in [1.82, 2.24) is 4.98 Å². The molecule has 0 saturated carbocycles. The number of rotatable bonds is 2. The molecule has 71 valence electrons. The first-order chi connectivity index (χ1) is 6.41. The van der Waals surface area contributed by atoms with Gasteiger partial charge in [-0.15, -0.1) is 0 Å². The second-order valence-electron chi connectivity index (χ2n) is 1.38. The molecule has 0 fully saturated rings. The monoisotopic (exact) mass is 226 g/mol. The second-order valence-corrected chi connectivity index (χ2v) is 1.95. The van der Waals surface area contributed by atoms with Gasteiger partial charge in [-0.25, -0.2) is 0 Å². The van der Waals surface area contributed by atoms with Crippen molar-refractivity contribution in [3.05, 3.63) is 51.5 Å². The van der Waals surface area contributed by atoms with E-state index in [1.165, 1.54) is 0 Å². The number of hydrogen-bond donors (Lipinski definition) is 0. The third-order valence-corrected chi connectivity index (χ3v) is 1.01. The smallest absolute Gasteiger partial charge is 0.0267 e. The van der Waals surface area contributed by atoms with Crippen LogP contribution in [-0.4, -0.2) is 4.98 Å². The molecule has 0 spiro atoms. The molecule has 0 aliphatic rings. The second kappa shape index (κ2) is 10.3. The minimum absolute atomic E-state index is 0.547. The molecule has 0 bridgehead atoms. The summed E-state index contributed by atoms with van der Waals surface area (Å²) in [6, 6.07) is 5.72. The summed E-state index contributed by atoms with van der Waals surface area (Å²) in [4.78, 5) is 8.37. The Bertz CT molecular complexity index is 257. The summed E-state index contributed by atoms with van der Waals surface area (Å²) in [5, 5.41) is 0. The molecule has 0 aliphatic heterocycles. The maximum absolute atomic E-state index is 7.54. The predicted molar refractivity (Wildman–Crippen MR) is 42.5 cm³/mol. The average molecular weight is 227 g/mol. The zero-order valence-corrected chi connectivity index (χ0v) is 7.26. The van der Waals surface area contributed by atoms with E-state index < -0.39 is 0 Å². The molecule has 7 nitrogen and oxygen atoms in total. The Labute approximate surface area is 80.6 Å². The van der Waals surface area contributed by atoms with Crippen LogP contribution in [0.2, 0.25) is 0 Å². The van der Waals surface area contributed by atoms with Crippen LogP contribution in [0, 0.1) is 0 Å². The topological polar surface area (TPSA) is 110 Å². The van der Waals surface area contributed by atoms with Gasteiger partial charge in [-0.05, 0) is 12.1 Å². The Balaban J connectivity index is 0.000000223. The van der Waals surface area contributed by atoms with Crippen molar-refractivity contribution in [3.8, 4) is 0 Å². The Morgan fingerprint density at radius 2 is 1.54 bits per heavy atom. The van der Waals surface area contributed by atoms with Gasteiger partial charge < -0.3 is 0 Å². The zero-order valence-electron chi connectivity index (χ0n) is 6.32. The van der Waals surface area contributed by atoms with Gasteiger partial charge in [-0.3, -0.25) is 4.98 Å². The number of aromatic nitrogens is 1. The summed E-state index contributed by atoms with van der Waals surface area (Å²) >= 11 is 0.547. The quantitative estimate of drug-likeness (QED) is 0.328. The van der Waals surface area contributed by atoms with E-state index in [4.69, 9.17) is 11.1 Å². The summed E-state index contributed by atoms with van der Waals surface area (Å²) in [6.07, 6.45) is 3.50. The summed E-state index contributed by atoms with van der Waals surface area (Å²) < 4.78 is 5.66. The Kier molecular flexibility index (Phi) is 8.94. The Hall–Kier alpha value is -1.71. The summed E-state index contributed by atoms with van der Waals surface area (Å²) in [5.74, 6) is 0. The normalized spacial score (nSPS) is 7.08. The van der Waals surface area contributed by atoms with Crippen molar-refractivity contribution < 1.29 is 15.4 Å². The van der Waals surface area contributed by atoms with E-state index in [1.807, 2.05) is 18.2 Å². The molecule has 0 aromatic carbocycles. The van der Waals surface area contributed by atoms with Crippen molar-refractivity contribution in [2.45, 2.75) is 0 Å². The molecule has 0 atom stereocenters. The van der Waals surface area contributed by atoms with Crippen molar-refractivity contribution in [3.63, 3.8) is 0 Å². The number of nitrogens with zero attached hydrogens (tertiary/aromatic N) is 7. The van der Waals surface area contributed by atoms with E-state index in [1.54, 1.807) is 12.4 Å². The van der Waals surface area contributed by atoms with Gasteiger partial charge in [-0.2, -0.15) is 0 Å². The molecule has 0 aliphatic carbocycles. The van der Waals surface area contributed by atoms with Crippen molar-refractivity contribution in [1.29, 1.82) is 0 Å². The first-order valence-corrected chi connectivity index (χ1v) is 3.76. The summed E-state index contributed by atoms with van der Waals surface area (Å²) in [5.41, 5.74) is 15.1. The minimum atomic E-state index is 0.547. The third kappa shape index (κ3) is 10.3. The first kappa shape index (κ1) is 11.3. The van der Waals surface area contributed by atoms with Gasteiger partial charge >= 0.3 is 44.5 Å². The fraction of sp³-hybridized carbons (Fsp3) is 0. The molecule has 0 saturated heterocycles. The van der Waals surface area contributed by atoms with Crippen LogP contribution in [0.5, 0.6) is 0 Å². The summed E-state index contributed by atoms with van der Waals surface area (Å²) in [6.45, 7) is 0. The van der Waals surface area contributed by atoms with Crippen molar-refractivity contribution in [2.24, 2.45) is 8.26 Å². The van der Waals surface area contributed by atoms with Gasteiger partial charge in [0.2, 0.25) is 0 Å². The van der Waals surface area contributed by atoms with E-state index in [0.29, 0.717) is 15.4 Å². The predicted octanol–water partition coefficient (Wildman–Crippen LogP) is 2.60. The zero-order chi connectivity index (χ0) is 9.78. The molecular formula is C5H5CuN7. The van der Waals surface area contributed by atoms with Crippen LogP contribution in [0.3, 0.4) is 0 Å². The summed E-state index contributed by atoms with van der Waals surface area (Å²) in [7, 11) is 0. The van der Waals surface area contributed by atoms with Gasteiger partial charge in [0.05, 0.1) is 0 Å².